The molecule has 0 saturated carbocycles. The number of aliphatic hydroxyl groups excluding tert-OH is 1. The van der Waals surface area contributed by atoms with Crippen molar-refractivity contribution in [3.8, 4) is 0 Å². The number of hydrogen-bond acceptors (Lipinski definition) is 5. The molecule has 3 N–H and O–H groups in total. The van der Waals surface area contributed by atoms with Gasteiger partial charge in [0.15, 0.2) is 0 Å². The van der Waals surface area contributed by atoms with E-state index in [2.05, 4.69) is 10.6 Å². The van der Waals surface area contributed by atoms with Crippen molar-refractivity contribution >= 4 is 17.5 Å². The third-order valence-electron chi connectivity index (χ3n) is 4.81. The predicted octanol–water partition coefficient (Wildman–Crippen LogP) is 1.24. The van der Waals surface area contributed by atoms with E-state index in [-0.39, 0.29) is 30.8 Å². The van der Waals surface area contributed by atoms with Gasteiger partial charge in [-0.2, -0.15) is 0 Å². The van der Waals surface area contributed by atoms with Gasteiger partial charge >= 0.3 is 0 Å². The molecular weight excluding hydrogens is 348 g/mol. The summed E-state index contributed by atoms with van der Waals surface area (Å²) in [5.74, 6) is -0.284. The number of carbonyl (C=O) groups excluding carboxylic acids is 2. The number of amides is 2. The molecule has 7 heteroatoms. The van der Waals surface area contributed by atoms with Crippen LogP contribution in [0.1, 0.15) is 19.3 Å². The van der Waals surface area contributed by atoms with Gasteiger partial charge in [0, 0.05) is 24.8 Å². The minimum atomic E-state index is -0.576. The molecule has 0 aromatic heterocycles. The number of para-hydroxylation sites is 1. The summed E-state index contributed by atoms with van der Waals surface area (Å²) >= 11 is 0. The van der Waals surface area contributed by atoms with E-state index >= 15 is 0 Å². The summed E-state index contributed by atoms with van der Waals surface area (Å²) in [6.07, 6.45) is 4.11. The van der Waals surface area contributed by atoms with Gasteiger partial charge in [-0.15, -0.1) is 0 Å². The Hall–Kier alpha value is -2.22. The molecule has 27 heavy (non-hydrogen) atoms. The van der Waals surface area contributed by atoms with Crippen molar-refractivity contribution in [3.63, 3.8) is 0 Å². The summed E-state index contributed by atoms with van der Waals surface area (Å²) in [6.45, 7) is 0.952. The van der Waals surface area contributed by atoms with Crippen LogP contribution in [0.25, 0.3) is 0 Å². The van der Waals surface area contributed by atoms with Crippen LogP contribution in [-0.4, -0.2) is 55.0 Å². The van der Waals surface area contributed by atoms with Gasteiger partial charge in [0.05, 0.1) is 25.2 Å². The van der Waals surface area contributed by atoms with Crippen LogP contribution in [0.5, 0.6) is 0 Å². The number of nitrogens with one attached hydrogen (secondary N) is 2. The van der Waals surface area contributed by atoms with E-state index in [0.717, 1.165) is 5.69 Å². The van der Waals surface area contributed by atoms with E-state index in [4.69, 9.17) is 9.47 Å². The second-order valence-electron chi connectivity index (χ2n) is 6.82. The van der Waals surface area contributed by atoms with Crippen LogP contribution in [0.2, 0.25) is 0 Å². The minimum Gasteiger partial charge on any atom is -0.394 e. The molecule has 1 saturated heterocycles. The van der Waals surface area contributed by atoms with Crippen LogP contribution in [0.3, 0.4) is 0 Å². The fourth-order valence-electron chi connectivity index (χ4n) is 3.29. The number of aliphatic hydroxyl groups is 1. The molecule has 0 unspecified atom stereocenters. The quantitative estimate of drug-likeness (QED) is 0.651. The minimum absolute atomic E-state index is 0.0460. The predicted molar refractivity (Wildman–Crippen MR) is 100 cm³/mol. The Kier molecular flexibility index (Phi) is 6.98. The van der Waals surface area contributed by atoms with Crippen LogP contribution < -0.4 is 10.6 Å². The molecule has 2 aliphatic rings. The summed E-state index contributed by atoms with van der Waals surface area (Å²) in [7, 11) is 0. The van der Waals surface area contributed by atoms with Gasteiger partial charge in [-0.1, -0.05) is 30.4 Å². The molecule has 2 heterocycles. The summed E-state index contributed by atoms with van der Waals surface area (Å²) in [4.78, 5) is 24.6. The van der Waals surface area contributed by atoms with Crippen LogP contribution in [0, 0.1) is 5.92 Å². The Labute approximate surface area is 158 Å². The van der Waals surface area contributed by atoms with E-state index in [0.29, 0.717) is 26.1 Å². The van der Waals surface area contributed by atoms with E-state index in [1.165, 1.54) is 0 Å². The molecule has 0 spiro atoms. The SMILES string of the molecule is O=C(C[C@H]1C=C[C@H](NC(=O)C2CCOCC2)[C@H](CO)O1)Nc1ccccc1. The number of ether oxygens (including phenoxy) is 2. The van der Waals surface area contributed by atoms with Gasteiger partial charge < -0.3 is 25.2 Å². The number of rotatable bonds is 6. The highest BCUT2D eigenvalue weighted by atomic mass is 16.5. The highest BCUT2D eigenvalue weighted by molar-refractivity contribution is 5.91. The normalized spacial score (nSPS) is 25.7. The average molecular weight is 374 g/mol. The smallest absolute Gasteiger partial charge is 0.227 e. The number of benzene rings is 1. The zero-order chi connectivity index (χ0) is 19.1. The fourth-order valence-corrected chi connectivity index (χ4v) is 3.29. The summed E-state index contributed by atoms with van der Waals surface area (Å²) < 4.78 is 11.1. The van der Waals surface area contributed by atoms with Gasteiger partial charge in [0.1, 0.15) is 6.10 Å². The largest absolute Gasteiger partial charge is 0.394 e. The molecule has 0 aliphatic carbocycles. The maximum Gasteiger partial charge on any atom is 0.227 e. The molecule has 7 nitrogen and oxygen atoms in total. The zero-order valence-electron chi connectivity index (χ0n) is 15.2. The zero-order valence-corrected chi connectivity index (χ0v) is 15.2. The summed E-state index contributed by atoms with van der Waals surface area (Å²) in [6, 6.07) is 8.80. The number of carbonyl (C=O) groups is 2. The second kappa shape index (κ2) is 9.64. The van der Waals surface area contributed by atoms with E-state index in [1.54, 1.807) is 6.08 Å². The lowest BCUT2D eigenvalue weighted by molar-refractivity contribution is -0.131. The third kappa shape index (κ3) is 5.63. The van der Waals surface area contributed by atoms with E-state index in [9.17, 15) is 14.7 Å². The molecule has 146 valence electrons. The molecule has 2 aliphatic heterocycles. The second-order valence-corrected chi connectivity index (χ2v) is 6.82. The van der Waals surface area contributed by atoms with Crippen LogP contribution in [0.15, 0.2) is 42.5 Å². The van der Waals surface area contributed by atoms with E-state index in [1.807, 2.05) is 36.4 Å². The number of anilines is 1. The summed E-state index contributed by atoms with van der Waals surface area (Å²) in [5.41, 5.74) is 0.725. The van der Waals surface area contributed by atoms with Crippen molar-refractivity contribution in [1.29, 1.82) is 0 Å². The lowest BCUT2D eigenvalue weighted by Gasteiger charge is -2.33. The first-order chi connectivity index (χ1) is 13.2. The molecule has 0 bridgehead atoms. The van der Waals surface area contributed by atoms with Gasteiger partial charge in [-0.25, -0.2) is 0 Å². The van der Waals surface area contributed by atoms with E-state index < -0.39 is 18.2 Å². The van der Waals surface area contributed by atoms with Crippen molar-refractivity contribution in [3.05, 3.63) is 42.5 Å². The Morgan fingerprint density at radius 3 is 2.56 bits per heavy atom. The Morgan fingerprint density at radius 1 is 1.11 bits per heavy atom. The number of hydrogen-bond donors (Lipinski definition) is 3. The lowest BCUT2D eigenvalue weighted by Crippen LogP contribution is -2.50. The highest BCUT2D eigenvalue weighted by Crippen LogP contribution is 2.19. The van der Waals surface area contributed by atoms with Crippen LogP contribution in [0.4, 0.5) is 5.69 Å². The molecule has 2 amide bonds. The Morgan fingerprint density at radius 2 is 1.85 bits per heavy atom. The summed E-state index contributed by atoms with van der Waals surface area (Å²) in [5, 5.41) is 15.4. The van der Waals surface area contributed by atoms with Gasteiger partial charge in [-0.05, 0) is 25.0 Å². The molecule has 3 atom stereocenters. The molecule has 3 rings (SSSR count). The fraction of sp³-hybridized carbons (Fsp3) is 0.500. The van der Waals surface area contributed by atoms with Crippen molar-refractivity contribution in [1.82, 2.24) is 5.32 Å². The average Bonchev–Trinajstić information content (AvgIpc) is 2.70. The monoisotopic (exact) mass is 374 g/mol. The van der Waals surface area contributed by atoms with Crippen molar-refractivity contribution in [2.45, 2.75) is 37.5 Å². The first-order valence-corrected chi connectivity index (χ1v) is 9.33. The van der Waals surface area contributed by atoms with Crippen molar-refractivity contribution in [2.75, 3.05) is 25.1 Å². The van der Waals surface area contributed by atoms with Crippen molar-refractivity contribution < 1.29 is 24.2 Å². The first-order valence-electron chi connectivity index (χ1n) is 9.33. The first kappa shape index (κ1) is 19.5. The maximum atomic E-state index is 12.4. The van der Waals surface area contributed by atoms with Crippen molar-refractivity contribution in [2.24, 2.45) is 5.92 Å². The standard InChI is InChI=1S/C20H26N2O5/c23-13-18-17(22-20(25)14-8-10-26-11-9-14)7-6-16(27-18)12-19(24)21-15-4-2-1-3-5-15/h1-7,14,16-18,23H,8-13H2,(H,21,24)(H,22,25)/t16-,17+,18+/m1/s1. The Balaban J connectivity index is 1.52. The molecule has 1 aromatic rings. The van der Waals surface area contributed by atoms with Gasteiger partial charge in [0.25, 0.3) is 0 Å². The van der Waals surface area contributed by atoms with Gasteiger partial charge in [0.2, 0.25) is 11.8 Å². The maximum absolute atomic E-state index is 12.4. The third-order valence-corrected chi connectivity index (χ3v) is 4.81. The molecule has 1 fully saturated rings. The molecular formula is C20H26N2O5. The van der Waals surface area contributed by atoms with Gasteiger partial charge in [-0.3, -0.25) is 9.59 Å². The highest BCUT2D eigenvalue weighted by Gasteiger charge is 2.31. The molecule has 0 radical (unpaired) electrons. The Bertz CT molecular complexity index is 658. The van der Waals surface area contributed by atoms with Crippen LogP contribution in [-0.2, 0) is 19.1 Å². The lowest BCUT2D eigenvalue weighted by atomic mass is 9.97. The topological polar surface area (TPSA) is 96.9 Å². The van der Waals surface area contributed by atoms with Crippen LogP contribution >= 0.6 is 0 Å². The molecule has 1 aromatic carbocycles.